The number of hydrogen-bond donors (Lipinski definition) is 2. The molecule has 5 nitrogen and oxygen atoms in total. The number of nitrogens with one attached hydrogen (secondary N) is 2. The van der Waals surface area contributed by atoms with E-state index in [1.54, 1.807) is 0 Å². The SMILES string of the molecule is CCNC(=NCCOCc1ccccc1)NC1CC(C)N(C2CC2)C1. The number of ether oxygens (including phenoxy) is 1. The fourth-order valence-electron chi connectivity index (χ4n) is 3.58. The largest absolute Gasteiger partial charge is 0.375 e. The molecular formula is C20H32N4O. The Morgan fingerprint density at radius 2 is 2.08 bits per heavy atom. The standard InChI is InChI=1S/C20H32N4O/c1-3-21-20(22-11-12-25-15-17-7-5-4-6-8-17)23-18-13-16(2)24(14-18)19-9-10-19/h4-8,16,18-19H,3,9-15H2,1-2H3,(H2,21,22,23). The van der Waals surface area contributed by atoms with Gasteiger partial charge in [-0.2, -0.15) is 0 Å². The fourth-order valence-corrected chi connectivity index (χ4v) is 3.58. The molecule has 0 aromatic heterocycles. The van der Waals surface area contributed by atoms with Gasteiger partial charge in [-0.3, -0.25) is 9.89 Å². The summed E-state index contributed by atoms with van der Waals surface area (Å²) in [5.74, 6) is 0.917. The summed E-state index contributed by atoms with van der Waals surface area (Å²) in [6.45, 7) is 8.44. The number of aliphatic imine (C=N–C) groups is 1. The van der Waals surface area contributed by atoms with Crippen LogP contribution in [0.5, 0.6) is 0 Å². The highest BCUT2D eigenvalue weighted by atomic mass is 16.5. The van der Waals surface area contributed by atoms with Crippen LogP contribution in [-0.2, 0) is 11.3 Å². The third-order valence-corrected chi connectivity index (χ3v) is 4.94. The molecule has 5 heteroatoms. The van der Waals surface area contributed by atoms with Crippen molar-refractivity contribution in [1.29, 1.82) is 0 Å². The molecule has 2 atom stereocenters. The second-order valence-corrected chi connectivity index (χ2v) is 7.15. The lowest BCUT2D eigenvalue weighted by Gasteiger charge is -2.20. The van der Waals surface area contributed by atoms with E-state index in [1.807, 2.05) is 18.2 Å². The van der Waals surface area contributed by atoms with E-state index in [0.717, 1.165) is 25.1 Å². The first kappa shape index (κ1) is 18.2. The van der Waals surface area contributed by atoms with Crippen molar-refractivity contribution in [1.82, 2.24) is 15.5 Å². The van der Waals surface area contributed by atoms with Crippen molar-refractivity contribution in [3.05, 3.63) is 35.9 Å². The number of benzene rings is 1. The minimum absolute atomic E-state index is 0.499. The Morgan fingerprint density at radius 3 is 2.80 bits per heavy atom. The molecule has 3 rings (SSSR count). The molecule has 1 saturated heterocycles. The molecule has 1 aromatic carbocycles. The lowest BCUT2D eigenvalue weighted by Crippen LogP contribution is -2.45. The average molecular weight is 345 g/mol. The van der Waals surface area contributed by atoms with Gasteiger partial charge < -0.3 is 15.4 Å². The third-order valence-electron chi connectivity index (χ3n) is 4.94. The van der Waals surface area contributed by atoms with Crippen LogP contribution >= 0.6 is 0 Å². The van der Waals surface area contributed by atoms with Crippen molar-refractivity contribution in [2.75, 3.05) is 26.2 Å². The summed E-state index contributed by atoms with van der Waals surface area (Å²) in [4.78, 5) is 7.33. The van der Waals surface area contributed by atoms with Crippen LogP contribution < -0.4 is 10.6 Å². The molecule has 0 bridgehead atoms. The molecule has 1 aliphatic heterocycles. The van der Waals surface area contributed by atoms with E-state index < -0.39 is 0 Å². The second kappa shape index (κ2) is 9.20. The Morgan fingerprint density at radius 1 is 1.28 bits per heavy atom. The smallest absolute Gasteiger partial charge is 0.191 e. The van der Waals surface area contributed by atoms with E-state index in [1.165, 1.54) is 24.8 Å². The van der Waals surface area contributed by atoms with Crippen molar-refractivity contribution in [3.63, 3.8) is 0 Å². The minimum atomic E-state index is 0.499. The number of guanidine groups is 1. The lowest BCUT2D eigenvalue weighted by molar-refractivity contribution is 0.128. The highest BCUT2D eigenvalue weighted by molar-refractivity contribution is 5.80. The molecule has 0 amide bonds. The zero-order valence-corrected chi connectivity index (χ0v) is 15.6. The molecule has 25 heavy (non-hydrogen) atoms. The topological polar surface area (TPSA) is 48.9 Å². The van der Waals surface area contributed by atoms with Crippen LogP contribution in [0, 0.1) is 0 Å². The Bertz CT molecular complexity index is 544. The van der Waals surface area contributed by atoms with Gasteiger partial charge >= 0.3 is 0 Å². The van der Waals surface area contributed by atoms with E-state index in [2.05, 4.69) is 46.5 Å². The first-order chi connectivity index (χ1) is 12.3. The molecule has 2 aliphatic rings. The van der Waals surface area contributed by atoms with Crippen LogP contribution in [-0.4, -0.2) is 55.2 Å². The van der Waals surface area contributed by atoms with Gasteiger partial charge in [0.05, 0.1) is 19.8 Å². The van der Waals surface area contributed by atoms with E-state index in [4.69, 9.17) is 4.74 Å². The predicted octanol–water partition coefficient (Wildman–Crippen LogP) is 2.38. The number of nitrogens with zero attached hydrogens (tertiary/aromatic N) is 2. The summed E-state index contributed by atoms with van der Waals surface area (Å²) in [7, 11) is 0. The van der Waals surface area contributed by atoms with Crippen molar-refractivity contribution in [2.45, 2.75) is 57.8 Å². The molecule has 138 valence electrons. The highest BCUT2D eigenvalue weighted by Gasteiger charge is 2.38. The Hall–Kier alpha value is -1.59. The molecule has 1 aliphatic carbocycles. The van der Waals surface area contributed by atoms with E-state index in [9.17, 15) is 0 Å². The van der Waals surface area contributed by atoms with Gasteiger partial charge in [0.25, 0.3) is 0 Å². The summed E-state index contributed by atoms with van der Waals surface area (Å²) >= 11 is 0. The van der Waals surface area contributed by atoms with Gasteiger partial charge in [-0.25, -0.2) is 0 Å². The molecule has 1 aromatic rings. The molecule has 2 fully saturated rings. The van der Waals surface area contributed by atoms with E-state index in [0.29, 0.717) is 31.8 Å². The molecular weight excluding hydrogens is 312 g/mol. The first-order valence-electron chi connectivity index (χ1n) is 9.68. The summed E-state index contributed by atoms with van der Waals surface area (Å²) in [5, 5.41) is 6.97. The zero-order chi connectivity index (χ0) is 17.5. The van der Waals surface area contributed by atoms with Gasteiger partial charge in [-0.15, -0.1) is 0 Å². The Kier molecular flexibility index (Phi) is 6.70. The second-order valence-electron chi connectivity index (χ2n) is 7.15. The molecule has 1 heterocycles. The zero-order valence-electron chi connectivity index (χ0n) is 15.6. The highest BCUT2D eigenvalue weighted by Crippen LogP contribution is 2.33. The normalized spacial score (nSPS) is 24.5. The maximum absolute atomic E-state index is 5.72. The first-order valence-corrected chi connectivity index (χ1v) is 9.68. The third kappa shape index (κ3) is 5.72. The number of rotatable bonds is 8. The summed E-state index contributed by atoms with van der Waals surface area (Å²) in [6, 6.07) is 12.3. The summed E-state index contributed by atoms with van der Waals surface area (Å²) in [6.07, 6.45) is 3.96. The summed E-state index contributed by atoms with van der Waals surface area (Å²) < 4.78 is 5.72. The molecule has 2 unspecified atom stereocenters. The Labute approximate surface area is 151 Å². The maximum atomic E-state index is 5.72. The molecule has 0 radical (unpaired) electrons. The van der Waals surface area contributed by atoms with Crippen molar-refractivity contribution >= 4 is 5.96 Å². The van der Waals surface area contributed by atoms with Gasteiger partial charge in [0.2, 0.25) is 0 Å². The fraction of sp³-hybridized carbons (Fsp3) is 0.650. The molecule has 0 spiro atoms. The van der Waals surface area contributed by atoms with E-state index in [-0.39, 0.29) is 0 Å². The van der Waals surface area contributed by atoms with Crippen molar-refractivity contribution in [3.8, 4) is 0 Å². The van der Waals surface area contributed by atoms with E-state index >= 15 is 0 Å². The number of hydrogen-bond acceptors (Lipinski definition) is 3. The monoisotopic (exact) mass is 344 g/mol. The van der Waals surface area contributed by atoms with Crippen LogP contribution in [0.25, 0.3) is 0 Å². The maximum Gasteiger partial charge on any atom is 0.191 e. The van der Waals surface area contributed by atoms with Gasteiger partial charge in [-0.05, 0) is 38.7 Å². The van der Waals surface area contributed by atoms with Crippen LogP contribution in [0.4, 0.5) is 0 Å². The van der Waals surface area contributed by atoms with Gasteiger partial charge in [0, 0.05) is 31.2 Å². The van der Waals surface area contributed by atoms with Crippen molar-refractivity contribution in [2.24, 2.45) is 4.99 Å². The lowest BCUT2D eigenvalue weighted by atomic mass is 10.2. The van der Waals surface area contributed by atoms with Gasteiger partial charge in [0.15, 0.2) is 5.96 Å². The van der Waals surface area contributed by atoms with Crippen molar-refractivity contribution < 1.29 is 4.74 Å². The summed E-state index contributed by atoms with van der Waals surface area (Å²) in [5.41, 5.74) is 1.21. The predicted molar refractivity (Wildman–Crippen MR) is 103 cm³/mol. The molecule has 2 N–H and O–H groups in total. The van der Waals surface area contributed by atoms with Gasteiger partial charge in [0.1, 0.15) is 0 Å². The quantitative estimate of drug-likeness (QED) is 0.432. The number of likely N-dealkylation sites (tertiary alicyclic amines) is 1. The average Bonchev–Trinajstić information content (AvgIpc) is 3.39. The van der Waals surface area contributed by atoms with Crippen LogP contribution in [0.1, 0.15) is 38.7 Å². The molecule has 1 saturated carbocycles. The van der Waals surface area contributed by atoms with Crippen LogP contribution in [0.3, 0.4) is 0 Å². The van der Waals surface area contributed by atoms with Crippen LogP contribution in [0.15, 0.2) is 35.3 Å². The van der Waals surface area contributed by atoms with Gasteiger partial charge in [-0.1, -0.05) is 30.3 Å². The van der Waals surface area contributed by atoms with Crippen LogP contribution in [0.2, 0.25) is 0 Å². The minimum Gasteiger partial charge on any atom is -0.375 e. The Balaban J connectivity index is 1.40.